The molecule has 0 aliphatic carbocycles. The third-order valence-electron chi connectivity index (χ3n) is 3.51. The summed E-state index contributed by atoms with van der Waals surface area (Å²) < 4.78 is 28.3. The van der Waals surface area contributed by atoms with Gasteiger partial charge < -0.3 is 14.5 Å². The number of nitrogens with zero attached hydrogens (tertiary/aromatic N) is 5. The number of rotatable bonds is 2. The molecule has 0 N–H and O–H groups in total. The summed E-state index contributed by atoms with van der Waals surface area (Å²) >= 11 is 5.98. The summed E-state index contributed by atoms with van der Waals surface area (Å²) in [6.45, 7) is 3.42. The summed E-state index contributed by atoms with van der Waals surface area (Å²) in [5.41, 5.74) is 0. The summed E-state index contributed by atoms with van der Waals surface area (Å²) in [4.78, 5) is 16.5. The first-order valence-electron chi connectivity index (χ1n) is 6.73. The van der Waals surface area contributed by atoms with Gasteiger partial charge in [-0.2, -0.15) is 15.0 Å². The predicted octanol–water partition coefficient (Wildman–Crippen LogP) is -0.404. The Morgan fingerprint density at radius 1 is 0.905 bits per heavy atom. The van der Waals surface area contributed by atoms with Crippen molar-refractivity contribution in [1.82, 2.24) is 15.0 Å². The molecule has 3 rings (SSSR count). The van der Waals surface area contributed by atoms with Crippen molar-refractivity contribution in [3.8, 4) is 0 Å². The molecule has 3 heterocycles. The molecule has 116 valence electrons. The molecule has 8 nitrogen and oxygen atoms in total. The highest BCUT2D eigenvalue weighted by molar-refractivity contribution is 7.91. The molecule has 0 atom stereocenters. The van der Waals surface area contributed by atoms with Crippen LogP contribution in [-0.4, -0.2) is 74.3 Å². The van der Waals surface area contributed by atoms with E-state index in [0.717, 1.165) is 0 Å². The zero-order valence-electron chi connectivity index (χ0n) is 11.4. The Balaban J connectivity index is 1.81. The molecule has 0 spiro atoms. The lowest BCUT2D eigenvalue weighted by atomic mass is 10.4. The normalized spacial score (nSPS) is 22.3. The van der Waals surface area contributed by atoms with Crippen molar-refractivity contribution in [2.45, 2.75) is 0 Å². The second-order valence-corrected chi connectivity index (χ2v) is 7.58. The third kappa shape index (κ3) is 3.53. The second kappa shape index (κ2) is 5.90. The van der Waals surface area contributed by atoms with Crippen LogP contribution in [0.5, 0.6) is 0 Å². The molecule has 10 heteroatoms. The van der Waals surface area contributed by atoms with Gasteiger partial charge in [-0.1, -0.05) is 0 Å². The first-order valence-corrected chi connectivity index (χ1v) is 8.93. The van der Waals surface area contributed by atoms with Crippen LogP contribution in [0.15, 0.2) is 0 Å². The zero-order chi connectivity index (χ0) is 14.9. The van der Waals surface area contributed by atoms with Gasteiger partial charge in [0.2, 0.25) is 17.2 Å². The number of hydrogen-bond donors (Lipinski definition) is 0. The van der Waals surface area contributed by atoms with Crippen molar-refractivity contribution < 1.29 is 13.2 Å². The summed E-state index contributed by atoms with van der Waals surface area (Å²) in [5.74, 6) is 1.18. The van der Waals surface area contributed by atoms with Gasteiger partial charge in [-0.25, -0.2) is 8.42 Å². The summed E-state index contributed by atoms with van der Waals surface area (Å²) in [5, 5.41) is 0.120. The molecule has 0 radical (unpaired) electrons. The van der Waals surface area contributed by atoms with E-state index in [9.17, 15) is 8.42 Å². The molecule has 1 aromatic heterocycles. The Morgan fingerprint density at radius 2 is 1.43 bits per heavy atom. The average Bonchev–Trinajstić information content (AvgIpc) is 2.47. The van der Waals surface area contributed by atoms with Crippen LogP contribution >= 0.6 is 11.6 Å². The van der Waals surface area contributed by atoms with E-state index in [1.54, 1.807) is 0 Å². The number of ether oxygens (including phenoxy) is 1. The van der Waals surface area contributed by atoms with E-state index in [4.69, 9.17) is 16.3 Å². The lowest BCUT2D eigenvalue weighted by Crippen LogP contribution is -2.42. The van der Waals surface area contributed by atoms with Crippen molar-refractivity contribution in [2.75, 3.05) is 60.7 Å². The molecule has 0 unspecified atom stereocenters. The summed E-state index contributed by atoms with van der Waals surface area (Å²) in [6, 6.07) is 0. The van der Waals surface area contributed by atoms with Crippen LogP contribution < -0.4 is 9.80 Å². The second-order valence-electron chi connectivity index (χ2n) is 4.94. The summed E-state index contributed by atoms with van der Waals surface area (Å²) in [6.07, 6.45) is 0. The Hall–Kier alpha value is -1.19. The van der Waals surface area contributed by atoms with Gasteiger partial charge in [-0.3, -0.25) is 0 Å². The predicted molar refractivity (Wildman–Crippen MR) is 78.7 cm³/mol. The topological polar surface area (TPSA) is 88.5 Å². The fourth-order valence-corrected chi connectivity index (χ4v) is 3.64. The van der Waals surface area contributed by atoms with Crippen LogP contribution in [0.2, 0.25) is 5.28 Å². The number of morpholine rings is 1. The number of halogens is 1. The van der Waals surface area contributed by atoms with Crippen molar-refractivity contribution in [3.05, 3.63) is 5.28 Å². The standard InChI is InChI=1S/C11H16ClN5O3S/c12-9-13-10(16-1-5-20-6-2-16)15-11(14-9)17-3-7-21(18,19)8-4-17/h1-8H2. The van der Waals surface area contributed by atoms with Crippen molar-refractivity contribution in [3.63, 3.8) is 0 Å². The number of sulfone groups is 1. The van der Waals surface area contributed by atoms with Crippen molar-refractivity contribution in [2.24, 2.45) is 0 Å². The van der Waals surface area contributed by atoms with Crippen LogP contribution in [0.25, 0.3) is 0 Å². The molecule has 0 aromatic carbocycles. The highest BCUT2D eigenvalue weighted by Gasteiger charge is 2.25. The molecule has 0 amide bonds. The van der Waals surface area contributed by atoms with Crippen LogP contribution in [0.3, 0.4) is 0 Å². The van der Waals surface area contributed by atoms with E-state index < -0.39 is 9.84 Å². The lowest BCUT2D eigenvalue weighted by Gasteiger charge is -2.29. The number of anilines is 2. The van der Waals surface area contributed by atoms with Gasteiger partial charge in [0.15, 0.2) is 9.84 Å². The van der Waals surface area contributed by atoms with Gasteiger partial charge >= 0.3 is 0 Å². The fraction of sp³-hybridized carbons (Fsp3) is 0.727. The first-order chi connectivity index (χ1) is 10.0. The molecule has 0 bridgehead atoms. The molecule has 2 aliphatic heterocycles. The van der Waals surface area contributed by atoms with E-state index in [2.05, 4.69) is 15.0 Å². The number of hydrogen-bond acceptors (Lipinski definition) is 8. The maximum Gasteiger partial charge on any atom is 0.231 e. The van der Waals surface area contributed by atoms with E-state index in [0.29, 0.717) is 51.3 Å². The smallest absolute Gasteiger partial charge is 0.231 e. The van der Waals surface area contributed by atoms with Crippen LogP contribution in [0, 0.1) is 0 Å². The minimum atomic E-state index is -2.94. The maximum atomic E-state index is 11.5. The number of aromatic nitrogens is 3. The quantitative estimate of drug-likeness (QED) is 0.722. The van der Waals surface area contributed by atoms with Crippen LogP contribution in [-0.2, 0) is 14.6 Å². The van der Waals surface area contributed by atoms with Gasteiger partial charge in [0.1, 0.15) is 0 Å². The largest absolute Gasteiger partial charge is 0.378 e. The Morgan fingerprint density at radius 3 is 2.00 bits per heavy atom. The average molecular weight is 334 g/mol. The minimum absolute atomic E-state index is 0.114. The van der Waals surface area contributed by atoms with Gasteiger partial charge in [0, 0.05) is 26.2 Å². The van der Waals surface area contributed by atoms with Crippen LogP contribution in [0.4, 0.5) is 11.9 Å². The lowest BCUT2D eigenvalue weighted by molar-refractivity contribution is 0.122. The van der Waals surface area contributed by atoms with Gasteiger partial charge in [-0.05, 0) is 11.6 Å². The minimum Gasteiger partial charge on any atom is -0.378 e. The van der Waals surface area contributed by atoms with E-state index in [1.165, 1.54) is 0 Å². The fourth-order valence-electron chi connectivity index (χ4n) is 2.29. The molecular weight excluding hydrogens is 318 g/mol. The Bertz CT molecular complexity index is 606. The Kier molecular flexibility index (Phi) is 4.14. The molecular formula is C11H16ClN5O3S. The molecule has 0 saturated carbocycles. The van der Waals surface area contributed by atoms with Gasteiger partial charge in [0.05, 0.1) is 24.7 Å². The van der Waals surface area contributed by atoms with Crippen LogP contribution in [0.1, 0.15) is 0 Å². The van der Waals surface area contributed by atoms with Crippen molar-refractivity contribution >= 4 is 33.3 Å². The maximum absolute atomic E-state index is 11.5. The van der Waals surface area contributed by atoms with E-state index >= 15 is 0 Å². The molecule has 1 aromatic rings. The zero-order valence-corrected chi connectivity index (χ0v) is 13.0. The molecule has 21 heavy (non-hydrogen) atoms. The SMILES string of the molecule is O=S1(=O)CCN(c2nc(Cl)nc(N3CCOCC3)n2)CC1. The first kappa shape index (κ1) is 14.7. The molecule has 2 saturated heterocycles. The van der Waals surface area contributed by atoms with E-state index in [-0.39, 0.29) is 16.8 Å². The highest BCUT2D eigenvalue weighted by Crippen LogP contribution is 2.19. The van der Waals surface area contributed by atoms with Gasteiger partial charge in [-0.15, -0.1) is 0 Å². The third-order valence-corrected chi connectivity index (χ3v) is 5.28. The molecule has 2 aliphatic rings. The van der Waals surface area contributed by atoms with Gasteiger partial charge in [0.25, 0.3) is 0 Å². The van der Waals surface area contributed by atoms with E-state index in [1.807, 2.05) is 9.80 Å². The van der Waals surface area contributed by atoms with Crippen molar-refractivity contribution in [1.29, 1.82) is 0 Å². The Labute approximate surface area is 128 Å². The highest BCUT2D eigenvalue weighted by atomic mass is 35.5. The monoisotopic (exact) mass is 333 g/mol. The molecule has 2 fully saturated rings. The summed E-state index contributed by atoms with van der Waals surface area (Å²) in [7, 11) is -2.94.